The molecule has 0 N–H and O–H groups in total. The van der Waals surface area contributed by atoms with Crippen molar-refractivity contribution in [2.45, 2.75) is 11.8 Å². The highest BCUT2D eigenvalue weighted by molar-refractivity contribution is 6.30. The minimum absolute atomic E-state index is 0.110. The van der Waals surface area contributed by atoms with Gasteiger partial charge in [-0.2, -0.15) is 0 Å². The Morgan fingerprint density at radius 3 is 2.76 bits per heavy atom. The zero-order valence-corrected chi connectivity index (χ0v) is 12.3. The van der Waals surface area contributed by atoms with E-state index in [-0.39, 0.29) is 17.7 Å². The van der Waals surface area contributed by atoms with Crippen LogP contribution in [0.25, 0.3) is 0 Å². The highest BCUT2D eigenvalue weighted by atomic mass is 35.5. The van der Waals surface area contributed by atoms with Gasteiger partial charge in [0.15, 0.2) is 0 Å². The third-order valence-corrected chi connectivity index (χ3v) is 4.60. The maximum Gasteiger partial charge on any atom is 0.230 e. The highest BCUT2D eigenvalue weighted by Gasteiger charge is 2.44. The Balaban J connectivity index is 1.98. The van der Waals surface area contributed by atoms with E-state index >= 15 is 0 Å². The van der Waals surface area contributed by atoms with Gasteiger partial charge in [0.2, 0.25) is 5.91 Å². The molecule has 1 saturated heterocycles. The van der Waals surface area contributed by atoms with Gasteiger partial charge < -0.3 is 9.64 Å². The second kappa shape index (κ2) is 4.50. The molecule has 0 radical (unpaired) electrons. The average molecular weight is 300 g/mol. The van der Waals surface area contributed by atoms with Crippen molar-refractivity contribution in [2.24, 2.45) is 0 Å². The van der Waals surface area contributed by atoms with Crippen LogP contribution in [-0.4, -0.2) is 24.4 Å². The van der Waals surface area contributed by atoms with E-state index in [0.29, 0.717) is 11.6 Å². The Labute approximate surface area is 128 Å². The van der Waals surface area contributed by atoms with Crippen molar-refractivity contribution in [2.75, 3.05) is 13.6 Å². The molecular formula is C17H14ClNO2. The third-order valence-electron chi connectivity index (χ3n) is 4.36. The number of benzene rings is 2. The molecule has 0 spiro atoms. The van der Waals surface area contributed by atoms with Crippen molar-refractivity contribution >= 4 is 17.5 Å². The van der Waals surface area contributed by atoms with Gasteiger partial charge in [0.05, 0.1) is 5.92 Å². The van der Waals surface area contributed by atoms with Gasteiger partial charge in [-0.15, -0.1) is 0 Å². The first kappa shape index (κ1) is 12.7. The second-order valence-corrected chi connectivity index (χ2v) is 6.06. The van der Waals surface area contributed by atoms with E-state index in [9.17, 15) is 4.79 Å². The maximum atomic E-state index is 12.6. The lowest BCUT2D eigenvalue weighted by Gasteiger charge is -2.15. The molecule has 2 aromatic rings. The number of para-hydroxylation sites is 1. The molecule has 2 heterocycles. The van der Waals surface area contributed by atoms with Crippen LogP contribution in [0.3, 0.4) is 0 Å². The third kappa shape index (κ3) is 1.84. The molecule has 0 saturated carbocycles. The van der Waals surface area contributed by atoms with Crippen LogP contribution in [-0.2, 0) is 4.79 Å². The number of carbonyl (C=O) groups is 1. The summed E-state index contributed by atoms with van der Waals surface area (Å²) in [7, 11) is 1.85. The summed E-state index contributed by atoms with van der Waals surface area (Å²) in [6, 6.07) is 13.5. The van der Waals surface area contributed by atoms with Crippen molar-refractivity contribution in [3.05, 3.63) is 58.6 Å². The molecule has 2 aliphatic rings. The number of carbonyl (C=O) groups excluding carboxylic acids is 1. The number of likely N-dealkylation sites (tertiary alicyclic amines) is 1. The predicted octanol–water partition coefficient (Wildman–Crippen LogP) is 3.79. The summed E-state index contributed by atoms with van der Waals surface area (Å²) in [4.78, 5) is 14.4. The number of hydrogen-bond donors (Lipinski definition) is 0. The fraction of sp³-hybridized carbons (Fsp3) is 0.235. The molecule has 4 heteroatoms. The van der Waals surface area contributed by atoms with Gasteiger partial charge in [-0.05, 0) is 24.3 Å². The molecule has 0 bridgehead atoms. The van der Waals surface area contributed by atoms with Crippen molar-refractivity contribution in [1.82, 2.24) is 4.90 Å². The van der Waals surface area contributed by atoms with E-state index < -0.39 is 0 Å². The number of fused-ring (bicyclic) bond motifs is 5. The largest absolute Gasteiger partial charge is 0.457 e. The molecule has 1 fully saturated rings. The van der Waals surface area contributed by atoms with E-state index in [1.807, 2.05) is 43.4 Å². The molecule has 0 aliphatic carbocycles. The van der Waals surface area contributed by atoms with Gasteiger partial charge in [0.25, 0.3) is 0 Å². The number of likely N-dealkylation sites (N-methyl/N-ethyl adjacent to an activating group) is 1. The van der Waals surface area contributed by atoms with Crippen LogP contribution < -0.4 is 4.74 Å². The van der Waals surface area contributed by atoms with Crippen molar-refractivity contribution in [1.29, 1.82) is 0 Å². The van der Waals surface area contributed by atoms with E-state index in [2.05, 4.69) is 0 Å². The molecule has 2 atom stereocenters. The number of rotatable bonds is 0. The van der Waals surface area contributed by atoms with Gasteiger partial charge in [-0.1, -0.05) is 29.8 Å². The molecule has 106 valence electrons. The Morgan fingerprint density at radius 1 is 1.14 bits per heavy atom. The maximum absolute atomic E-state index is 12.6. The lowest BCUT2D eigenvalue weighted by atomic mass is 9.84. The summed E-state index contributed by atoms with van der Waals surface area (Å²) in [5, 5.41) is 0.629. The van der Waals surface area contributed by atoms with Crippen LogP contribution in [0.4, 0.5) is 0 Å². The van der Waals surface area contributed by atoms with Crippen LogP contribution in [0.2, 0.25) is 5.02 Å². The van der Waals surface area contributed by atoms with Gasteiger partial charge in [-0.25, -0.2) is 0 Å². The quantitative estimate of drug-likeness (QED) is 0.741. The molecule has 2 aromatic carbocycles. The molecular weight excluding hydrogens is 286 g/mol. The predicted molar refractivity (Wildman–Crippen MR) is 81.1 cm³/mol. The Bertz CT molecular complexity index is 743. The summed E-state index contributed by atoms with van der Waals surface area (Å²) in [5.41, 5.74) is 1.98. The smallest absolute Gasteiger partial charge is 0.230 e. The van der Waals surface area contributed by atoms with Gasteiger partial charge in [-0.3, -0.25) is 4.79 Å². The number of ether oxygens (including phenoxy) is 1. The summed E-state index contributed by atoms with van der Waals surface area (Å²) in [5.74, 6) is 1.58. The Morgan fingerprint density at radius 2 is 1.90 bits per heavy atom. The summed E-state index contributed by atoms with van der Waals surface area (Å²) in [6.07, 6.45) is 0. The van der Waals surface area contributed by atoms with Crippen LogP contribution in [0.15, 0.2) is 42.5 Å². The molecule has 1 amide bonds. The van der Waals surface area contributed by atoms with Gasteiger partial charge in [0.1, 0.15) is 11.5 Å². The standard InChI is InChI=1S/C17H14ClNO2/c1-19-9-13-11-4-2-3-5-14(11)21-15-7-6-10(18)8-12(15)16(13)17(19)20/h2-8,13,16H,9H2,1H3/t13?,16-/m0/s1. The average Bonchev–Trinajstić information content (AvgIpc) is 2.70. The van der Waals surface area contributed by atoms with E-state index in [1.54, 1.807) is 11.0 Å². The van der Waals surface area contributed by atoms with Crippen LogP contribution >= 0.6 is 11.6 Å². The van der Waals surface area contributed by atoms with Crippen molar-refractivity contribution < 1.29 is 9.53 Å². The first-order chi connectivity index (χ1) is 10.1. The molecule has 0 aromatic heterocycles. The number of amides is 1. The van der Waals surface area contributed by atoms with Crippen LogP contribution in [0.1, 0.15) is 23.0 Å². The van der Waals surface area contributed by atoms with Crippen LogP contribution in [0, 0.1) is 0 Å². The van der Waals surface area contributed by atoms with Crippen molar-refractivity contribution in [3.8, 4) is 11.5 Å². The summed E-state index contributed by atoms with van der Waals surface area (Å²) in [6.45, 7) is 0.704. The zero-order valence-electron chi connectivity index (χ0n) is 11.5. The van der Waals surface area contributed by atoms with Crippen molar-refractivity contribution in [3.63, 3.8) is 0 Å². The van der Waals surface area contributed by atoms with Gasteiger partial charge >= 0.3 is 0 Å². The van der Waals surface area contributed by atoms with Crippen LogP contribution in [0.5, 0.6) is 11.5 Å². The SMILES string of the molecule is CN1CC2c3ccccc3Oc3ccc(Cl)cc3[C@@H]2C1=O. The van der Waals surface area contributed by atoms with Gasteiger partial charge in [0, 0.05) is 35.7 Å². The fourth-order valence-electron chi connectivity index (χ4n) is 3.38. The minimum Gasteiger partial charge on any atom is -0.457 e. The Hall–Kier alpha value is -2.00. The minimum atomic E-state index is -0.215. The topological polar surface area (TPSA) is 29.5 Å². The first-order valence-electron chi connectivity index (χ1n) is 6.96. The van der Waals surface area contributed by atoms with E-state index in [0.717, 1.165) is 22.6 Å². The molecule has 21 heavy (non-hydrogen) atoms. The first-order valence-corrected chi connectivity index (χ1v) is 7.34. The lowest BCUT2D eigenvalue weighted by Crippen LogP contribution is -2.21. The molecule has 1 unspecified atom stereocenters. The monoisotopic (exact) mass is 299 g/mol. The molecule has 2 aliphatic heterocycles. The molecule has 4 rings (SSSR count). The number of nitrogens with zero attached hydrogens (tertiary/aromatic N) is 1. The number of halogens is 1. The summed E-state index contributed by atoms with van der Waals surface area (Å²) < 4.78 is 6.05. The number of hydrogen-bond acceptors (Lipinski definition) is 2. The normalized spacial score (nSPS) is 23.0. The molecule has 3 nitrogen and oxygen atoms in total. The second-order valence-electron chi connectivity index (χ2n) is 5.62. The zero-order chi connectivity index (χ0) is 14.6. The van der Waals surface area contributed by atoms with E-state index in [4.69, 9.17) is 16.3 Å². The lowest BCUT2D eigenvalue weighted by molar-refractivity contribution is -0.127. The summed E-state index contributed by atoms with van der Waals surface area (Å²) >= 11 is 6.14. The van der Waals surface area contributed by atoms with E-state index in [1.165, 1.54) is 0 Å². The highest BCUT2D eigenvalue weighted by Crippen LogP contribution is 2.50. The Kier molecular flexibility index (Phi) is 2.73. The fourth-order valence-corrected chi connectivity index (χ4v) is 3.56.